The Morgan fingerprint density at radius 3 is 2.11 bits per heavy atom. The SMILES string of the molecule is CCC.CCCC(CC1CC(=O)c2c(C)c(CCC(C)=O)cc(C(C)C)c2C1)C(CC)C(=O)CC(C)=O. The molecule has 4 heteroatoms. The Hall–Kier alpha value is -2.10. The van der Waals surface area contributed by atoms with Crippen LogP contribution in [0.25, 0.3) is 0 Å². The Labute approximate surface area is 226 Å². The van der Waals surface area contributed by atoms with Gasteiger partial charge in [0.1, 0.15) is 17.3 Å². The number of ketones is 4. The van der Waals surface area contributed by atoms with Gasteiger partial charge < -0.3 is 4.79 Å². The second-order valence-electron chi connectivity index (χ2n) is 11.5. The van der Waals surface area contributed by atoms with E-state index < -0.39 is 0 Å². The van der Waals surface area contributed by atoms with Crippen LogP contribution >= 0.6 is 0 Å². The van der Waals surface area contributed by atoms with Crippen LogP contribution in [0.1, 0.15) is 145 Å². The van der Waals surface area contributed by atoms with E-state index in [0.29, 0.717) is 25.2 Å². The molecule has 37 heavy (non-hydrogen) atoms. The third-order valence-corrected chi connectivity index (χ3v) is 7.59. The van der Waals surface area contributed by atoms with Gasteiger partial charge in [0.25, 0.3) is 0 Å². The summed E-state index contributed by atoms with van der Waals surface area (Å²) in [5.74, 6) is 0.970. The van der Waals surface area contributed by atoms with Gasteiger partial charge in [0.2, 0.25) is 0 Å². The molecule has 0 amide bonds. The summed E-state index contributed by atoms with van der Waals surface area (Å²) in [6, 6.07) is 2.23. The minimum absolute atomic E-state index is 0.0187. The van der Waals surface area contributed by atoms with Crippen LogP contribution in [0.2, 0.25) is 0 Å². The second-order valence-corrected chi connectivity index (χ2v) is 11.5. The zero-order chi connectivity index (χ0) is 28.3. The smallest absolute Gasteiger partial charge is 0.163 e. The lowest BCUT2D eigenvalue weighted by atomic mass is 9.70. The van der Waals surface area contributed by atoms with Crippen molar-refractivity contribution >= 4 is 23.1 Å². The molecule has 4 nitrogen and oxygen atoms in total. The molecule has 0 heterocycles. The van der Waals surface area contributed by atoms with Crippen LogP contribution in [0.4, 0.5) is 0 Å². The number of aryl methyl sites for hydroxylation is 1. The van der Waals surface area contributed by atoms with Crippen LogP contribution in [0.15, 0.2) is 6.07 Å². The van der Waals surface area contributed by atoms with Gasteiger partial charge in [-0.15, -0.1) is 0 Å². The minimum Gasteiger partial charge on any atom is -0.300 e. The third kappa shape index (κ3) is 9.61. The van der Waals surface area contributed by atoms with Gasteiger partial charge >= 0.3 is 0 Å². The minimum atomic E-state index is -0.111. The molecule has 0 bridgehead atoms. The largest absolute Gasteiger partial charge is 0.300 e. The van der Waals surface area contributed by atoms with Crippen LogP contribution in [-0.2, 0) is 27.2 Å². The van der Waals surface area contributed by atoms with Crippen LogP contribution in [-0.4, -0.2) is 23.1 Å². The van der Waals surface area contributed by atoms with Gasteiger partial charge in [-0.05, 0) is 86.5 Å². The molecular formula is C33H52O4. The molecule has 0 fully saturated rings. The van der Waals surface area contributed by atoms with Crippen molar-refractivity contribution in [2.45, 2.75) is 132 Å². The molecule has 0 spiro atoms. The fourth-order valence-corrected chi connectivity index (χ4v) is 5.97. The molecule has 1 aliphatic rings. The summed E-state index contributed by atoms with van der Waals surface area (Å²) in [6.07, 6.45) is 7.35. The highest BCUT2D eigenvalue weighted by Gasteiger charge is 2.34. The van der Waals surface area contributed by atoms with Crippen molar-refractivity contribution in [3.8, 4) is 0 Å². The summed E-state index contributed by atoms with van der Waals surface area (Å²) in [7, 11) is 0. The first-order chi connectivity index (χ1) is 17.4. The Kier molecular flexibility index (Phi) is 14.2. The zero-order valence-corrected chi connectivity index (χ0v) is 25.1. The van der Waals surface area contributed by atoms with Crippen molar-refractivity contribution in [3.63, 3.8) is 0 Å². The highest BCUT2D eigenvalue weighted by Crippen LogP contribution is 2.40. The molecule has 0 N–H and O–H groups in total. The average Bonchev–Trinajstić information content (AvgIpc) is 2.78. The first-order valence-corrected chi connectivity index (χ1v) is 14.6. The van der Waals surface area contributed by atoms with Gasteiger partial charge in [0.05, 0.1) is 6.42 Å². The van der Waals surface area contributed by atoms with E-state index in [1.54, 1.807) is 6.92 Å². The molecule has 1 aromatic rings. The number of hydrogen-bond acceptors (Lipinski definition) is 4. The van der Waals surface area contributed by atoms with Crippen LogP contribution in [0.5, 0.6) is 0 Å². The summed E-state index contributed by atoms with van der Waals surface area (Å²) < 4.78 is 0. The fourth-order valence-electron chi connectivity index (χ4n) is 5.97. The number of carbonyl (C=O) groups excluding carboxylic acids is 4. The molecule has 2 rings (SSSR count). The molecule has 0 saturated heterocycles. The fraction of sp³-hybridized carbons (Fsp3) is 0.697. The van der Waals surface area contributed by atoms with Crippen molar-refractivity contribution < 1.29 is 19.2 Å². The molecule has 1 aromatic carbocycles. The number of hydrogen-bond donors (Lipinski definition) is 0. The molecular weight excluding hydrogens is 460 g/mol. The quantitative estimate of drug-likeness (QED) is 0.250. The maximum absolute atomic E-state index is 13.5. The van der Waals surface area contributed by atoms with E-state index in [2.05, 4.69) is 40.7 Å². The summed E-state index contributed by atoms with van der Waals surface area (Å²) in [5, 5.41) is 0. The van der Waals surface area contributed by atoms with Crippen LogP contribution in [0.3, 0.4) is 0 Å². The average molecular weight is 513 g/mol. The van der Waals surface area contributed by atoms with E-state index in [0.717, 1.165) is 48.8 Å². The third-order valence-electron chi connectivity index (χ3n) is 7.59. The van der Waals surface area contributed by atoms with Crippen molar-refractivity contribution in [3.05, 3.63) is 33.9 Å². The summed E-state index contributed by atoms with van der Waals surface area (Å²) >= 11 is 0. The maximum Gasteiger partial charge on any atom is 0.163 e. The molecule has 3 unspecified atom stereocenters. The van der Waals surface area contributed by atoms with Gasteiger partial charge in [-0.1, -0.05) is 66.9 Å². The molecule has 1 aliphatic carbocycles. The first kappa shape index (κ1) is 32.9. The molecule has 0 radical (unpaired) electrons. The molecule has 208 valence electrons. The van der Waals surface area contributed by atoms with Crippen molar-refractivity contribution in [2.75, 3.05) is 0 Å². The maximum atomic E-state index is 13.5. The predicted octanol–water partition coefficient (Wildman–Crippen LogP) is 8.18. The standard InChI is InChI=1S/C30H44O4.C3H8/c1-8-10-24(25(9-2)28(33)13-20(6)32)14-22-15-27-26(18(3)4)17-23(12-11-19(5)31)21(7)30(27)29(34)16-22;1-3-2/h17-18,22,24-25H,8-16H2,1-7H3;3H2,1-2H3. The lowest BCUT2D eigenvalue weighted by Gasteiger charge is -2.33. The Bertz CT molecular complexity index is 940. The zero-order valence-electron chi connectivity index (χ0n) is 25.1. The van der Waals surface area contributed by atoms with E-state index in [4.69, 9.17) is 0 Å². The van der Waals surface area contributed by atoms with E-state index in [-0.39, 0.29) is 47.3 Å². The normalized spacial score (nSPS) is 16.5. The lowest BCUT2D eigenvalue weighted by molar-refractivity contribution is -0.130. The van der Waals surface area contributed by atoms with Gasteiger partial charge in [-0.3, -0.25) is 14.4 Å². The van der Waals surface area contributed by atoms with Gasteiger partial charge in [-0.2, -0.15) is 0 Å². The van der Waals surface area contributed by atoms with E-state index >= 15 is 0 Å². The van der Waals surface area contributed by atoms with Crippen molar-refractivity contribution in [2.24, 2.45) is 17.8 Å². The number of rotatable bonds is 13. The number of carbonyl (C=O) groups is 4. The number of Topliss-reactive ketones (excluding diaryl/α,β-unsaturated/α-hetero) is 4. The highest BCUT2D eigenvalue weighted by molar-refractivity contribution is 6.01. The Balaban J connectivity index is 0.00000217. The first-order valence-electron chi connectivity index (χ1n) is 14.6. The number of fused-ring (bicyclic) bond motifs is 1. The number of benzene rings is 1. The van der Waals surface area contributed by atoms with Gasteiger partial charge in [0.15, 0.2) is 5.78 Å². The highest BCUT2D eigenvalue weighted by atomic mass is 16.1. The van der Waals surface area contributed by atoms with Crippen LogP contribution < -0.4 is 0 Å². The summed E-state index contributed by atoms with van der Waals surface area (Å²) in [5.41, 5.74) is 5.45. The van der Waals surface area contributed by atoms with Gasteiger partial charge in [0, 0.05) is 24.3 Å². The van der Waals surface area contributed by atoms with Crippen molar-refractivity contribution in [1.82, 2.24) is 0 Å². The van der Waals surface area contributed by atoms with E-state index in [9.17, 15) is 19.2 Å². The molecule has 0 aliphatic heterocycles. The molecule has 0 saturated carbocycles. The van der Waals surface area contributed by atoms with Crippen LogP contribution in [0, 0.1) is 24.7 Å². The van der Waals surface area contributed by atoms with E-state index in [1.165, 1.54) is 24.5 Å². The molecule has 3 atom stereocenters. The van der Waals surface area contributed by atoms with E-state index in [1.807, 2.05) is 13.8 Å². The lowest BCUT2D eigenvalue weighted by Crippen LogP contribution is -2.30. The monoisotopic (exact) mass is 512 g/mol. The van der Waals surface area contributed by atoms with Crippen molar-refractivity contribution in [1.29, 1.82) is 0 Å². The Morgan fingerprint density at radius 2 is 1.62 bits per heavy atom. The molecule has 0 aromatic heterocycles. The topological polar surface area (TPSA) is 68.3 Å². The van der Waals surface area contributed by atoms with Gasteiger partial charge in [-0.25, -0.2) is 0 Å². The summed E-state index contributed by atoms with van der Waals surface area (Å²) in [4.78, 5) is 49.5. The summed E-state index contributed by atoms with van der Waals surface area (Å²) in [6.45, 7) is 17.9. The predicted molar refractivity (Wildman–Crippen MR) is 153 cm³/mol. The second kappa shape index (κ2) is 16.0. The Morgan fingerprint density at radius 1 is 1.00 bits per heavy atom.